The van der Waals surface area contributed by atoms with Crippen LogP contribution in [0.25, 0.3) is 0 Å². The zero-order valence-corrected chi connectivity index (χ0v) is 27.4. The van der Waals surface area contributed by atoms with E-state index in [1.807, 2.05) is 6.92 Å². The van der Waals surface area contributed by atoms with E-state index in [0.29, 0.717) is 37.1 Å². The van der Waals surface area contributed by atoms with Crippen molar-refractivity contribution in [1.29, 1.82) is 0 Å². The molecule has 0 aromatic rings. The summed E-state index contributed by atoms with van der Waals surface area (Å²) in [5.41, 5.74) is 2.33. The summed E-state index contributed by atoms with van der Waals surface area (Å²) < 4.78 is 17.9. The van der Waals surface area contributed by atoms with Crippen molar-refractivity contribution in [2.75, 3.05) is 13.2 Å². The standard InChI is InChI=1S/C35H53NO9/c1-17-15-36-25(14-26(17)39)18(2)29-27(43-19(3)38)13-24-22-7-6-20-12-21(8-10-34(20,4)23(22)9-11-35(24,29)5)44-33-32(42)31(41)30(40)28(16-37)45-33/h6,17-18,21-24,27-33,37,40-42H,7-16H2,1-5H3. The van der Waals surface area contributed by atoms with Gasteiger partial charge in [0.25, 0.3) is 0 Å². The second kappa shape index (κ2) is 12.4. The molecule has 0 spiro atoms. The highest BCUT2D eigenvalue weighted by atomic mass is 16.7. The van der Waals surface area contributed by atoms with Crippen LogP contribution in [-0.4, -0.2) is 94.0 Å². The third-order valence-corrected chi connectivity index (χ3v) is 13.2. The van der Waals surface area contributed by atoms with Crippen molar-refractivity contribution in [2.24, 2.45) is 51.3 Å². The van der Waals surface area contributed by atoms with Crippen LogP contribution in [0, 0.1) is 46.3 Å². The van der Waals surface area contributed by atoms with Crippen LogP contribution in [0.15, 0.2) is 16.6 Å². The molecule has 10 heteroatoms. The molecule has 0 amide bonds. The average molecular weight is 632 g/mol. The van der Waals surface area contributed by atoms with Gasteiger partial charge in [0.2, 0.25) is 0 Å². The predicted molar refractivity (Wildman–Crippen MR) is 165 cm³/mol. The van der Waals surface area contributed by atoms with E-state index in [1.165, 1.54) is 12.5 Å². The minimum Gasteiger partial charge on any atom is -0.462 e. The van der Waals surface area contributed by atoms with E-state index < -0.39 is 37.3 Å². The van der Waals surface area contributed by atoms with Crippen LogP contribution in [0.1, 0.15) is 86.0 Å². The Morgan fingerprint density at radius 3 is 2.58 bits per heavy atom. The Balaban J connectivity index is 1.20. The average Bonchev–Trinajstić information content (AvgIpc) is 3.29. The van der Waals surface area contributed by atoms with Gasteiger partial charge in [0.1, 0.15) is 36.3 Å². The molecule has 0 bridgehead atoms. The fourth-order valence-electron chi connectivity index (χ4n) is 10.6. The molecule has 10 nitrogen and oxygen atoms in total. The van der Waals surface area contributed by atoms with Crippen molar-refractivity contribution < 1.29 is 44.2 Å². The van der Waals surface area contributed by atoms with Crippen molar-refractivity contribution in [3.05, 3.63) is 11.6 Å². The van der Waals surface area contributed by atoms with Crippen LogP contribution in [0.3, 0.4) is 0 Å². The lowest BCUT2D eigenvalue weighted by atomic mass is 9.47. The maximum absolute atomic E-state index is 12.7. The first kappa shape index (κ1) is 33.2. The normalized spacial score (nSPS) is 48.8. The molecule has 15 unspecified atom stereocenters. The molecule has 6 aliphatic rings. The summed E-state index contributed by atoms with van der Waals surface area (Å²) in [5.74, 6) is 1.51. The van der Waals surface area contributed by atoms with E-state index in [9.17, 15) is 30.0 Å². The Morgan fingerprint density at radius 1 is 1.13 bits per heavy atom. The molecule has 4 fully saturated rings. The van der Waals surface area contributed by atoms with Crippen LogP contribution in [0.2, 0.25) is 0 Å². The lowest BCUT2D eigenvalue weighted by Crippen LogP contribution is -2.60. The van der Waals surface area contributed by atoms with Crippen molar-refractivity contribution in [3.8, 4) is 0 Å². The summed E-state index contributed by atoms with van der Waals surface area (Å²) >= 11 is 0. The molecule has 15 atom stereocenters. The summed E-state index contributed by atoms with van der Waals surface area (Å²) in [6.07, 6.45) is 2.35. The fraction of sp³-hybridized carbons (Fsp3) is 0.857. The van der Waals surface area contributed by atoms with Gasteiger partial charge in [0, 0.05) is 43.4 Å². The van der Waals surface area contributed by atoms with Gasteiger partial charge in [-0.05, 0) is 73.5 Å². The van der Waals surface area contributed by atoms with Crippen LogP contribution < -0.4 is 0 Å². The highest BCUT2D eigenvalue weighted by molar-refractivity contribution is 6.05. The Bertz CT molecular complexity index is 1220. The minimum absolute atomic E-state index is 0.0100. The first-order valence-corrected chi connectivity index (χ1v) is 17.2. The Kier molecular flexibility index (Phi) is 9.15. The summed E-state index contributed by atoms with van der Waals surface area (Å²) in [6, 6.07) is 0. The van der Waals surface area contributed by atoms with Crippen molar-refractivity contribution in [3.63, 3.8) is 0 Å². The molecule has 252 valence electrons. The molecule has 6 rings (SSSR count). The third-order valence-electron chi connectivity index (χ3n) is 13.2. The third kappa shape index (κ3) is 5.65. The van der Waals surface area contributed by atoms with E-state index in [4.69, 9.17) is 19.2 Å². The first-order valence-electron chi connectivity index (χ1n) is 17.2. The maximum Gasteiger partial charge on any atom is 0.302 e. The predicted octanol–water partition coefficient (Wildman–Crippen LogP) is 2.98. The molecule has 0 aromatic carbocycles. The highest BCUT2D eigenvalue weighted by Gasteiger charge is 2.63. The number of ketones is 1. The van der Waals surface area contributed by atoms with Crippen molar-refractivity contribution in [2.45, 2.75) is 129 Å². The number of Topliss-reactive ketones (excluding diaryl/α,β-unsaturated/α-hetero) is 1. The number of aliphatic imine (C=N–C) groups is 1. The van der Waals surface area contributed by atoms with Crippen LogP contribution in [0.4, 0.5) is 0 Å². The zero-order valence-electron chi connectivity index (χ0n) is 27.4. The Labute approximate surface area is 266 Å². The molecule has 3 saturated carbocycles. The van der Waals surface area contributed by atoms with E-state index in [-0.39, 0.29) is 52.5 Å². The smallest absolute Gasteiger partial charge is 0.302 e. The molecule has 0 radical (unpaired) electrons. The number of carbonyl (C=O) groups excluding carboxylic acids is 2. The number of hydrogen-bond donors (Lipinski definition) is 4. The number of aliphatic hydroxyl groups is 4. The number of rotatable bonds is 6. The summed E-state index contributed by atoms with van der Waals surface area (Å²) in [7, 11) is 0. The molecule has 4 aliphatic carbocycles. The second-order valence-corrected chi connectivity index (χ2v) is 15.6. The molecular formula is C35H53NO9. The van der Waals surface area contributed by atoms with Crippen LogP contribution in [0.5, 0.6) is 0 Å². The number of aliphatic hydroxyl groups excluding tert-OH is 4. The van der Waals surface area contributed by atoms with Crippen molar-refractivity contribution >= 4 is 17.5 Å². The maximum atomic E-state index is 12.7. The van der Waals surface area contributed by atoms with Gasteiger partial charge in [0.05, 0.1) is 12.7 Å². The molecule has 4 N–H and O–H groups in total. The molecule has 0 aromatic heterocycles. The van der Waals surface area contributed by atoms with Gasteiger partial charge < -0.3 is 34.6 Å². The molecule has 2 aliphatic heterocycles. The Morgan fingerprint density at radius 2 is 1.89 bits per heavy atom. The summed E-state index contributed by atoms with van der Waals surface area (Å²) in [5, 5.41) is 40.5. The molecule has 1 saturated heterocycles. The number of nitrogens with zero attached hydrogens (tertiary/aromatic N) is 1. The monoisotopic (exact) mass is 631 g/mol. The second-order valence-electron chi connectivity index (χ2n) is 15.6. The fourth-order valence-corrected chi connectivity index (χ4v) is 10.6. The van der Waals surface area contributed by atoms with Crippen LogP contribution in [-0.2, 0) is 23.8 Å². The number of ether oxygens (including phenoxy) is 3. The van der Waals surface area contributed by atoms with E-state index in [0.717, 1.165) is 44.2 Å². The number of esters is 1. The van der Waals surface area contributed by atoms with Gasteiger partial charge in [-0.3, -0.25) is 14.6 Å². The highest BCUT2D eigenvalue weighted by Crippen LogP contribution is 2.67. The SMILES string of the molecule is CC(=O)OC1CC2C3CC=C4CC(OC5OC(CO)C(O)C(O)C5O)CCC4(C)C3CCC2(C)C1C(C)C1=NCC(C)C(=O)C1. The van der Waals surface area contributed by atoms with Gasteiger partial charge in [-0.15, -0.1) is 0 Å². The zero-order chi connectivity index (χ0) is 32.4. The number of allylic oxidation sites excluding steroid dienone is 1. The van der Waals surface area contributed by atoms with Gasteiger partial charge in [-0.25, -0.2) is 0 Å². The lowest BCUT2D eigenvalue weighted by Gasteiger charge is -2.58. The van der Waals surface area contributed by atoms with Crippen LogP contribution >= 0.6 is 0 Å². The summed E-state index contributed by atoms with van der Waals surface area (Å²) in [4.78, 5) is 29.9. The summed E-state index contributed by atoms with van der Waals surface area (Å²) in [6.45, 7) is 10.5. The topological polar surface area (TPSA) is 155 Å². The molecule has 2 heterocycles. The molecule has 45 heavy (non-hydrogen) atoms. The van der Waals surface area contributed by atoms with E-state index >= 15 is 0 Å². The van der Waals surface area contributed by atoms with Gasteiger partial charge in [-0.1, -0.05) is 39.3 Å². The number of hydrogen-bond acceptors (Lipinski definition) is 10. The van der Waals surface area contributed by atoms with E-state index in [2.05, 4.69) is 26.8 Å². The van der Waals surface area contributed by atoms with Gasteiger partial charge >= 0.3 is 5.97 Å². The molecular weight excluding hydrogens is 578 g/mol. The van der Waals surface area contributed by atoms with Crippen molar-refractivity contribution in [1.82, 2.24) is 0 Å². The quantitative estimate of drug-likeness (QED) is 0.256. The Hall–Kier alpha value is -1.69. The largest absolute Gasteiger partial charge is 0.462 e. The van der Waals surface area contributed by atoms with E-state index in [1.54, 1.807) is 0 Å². The number of carbonyl (C=O) groups is 2. The minimum atomic E-state index is -1.45. The van der Waals surface area contributed by atoms with Gasteiger partial charge in [-0.2, -0.15) is 0 Å². The number of fused-ring (bicyclic) bond motifs is 5. The first-order chi connectivity index (χ1) is 21.3. The lowest BCUT2D eigenvalue weighted by molar-refractivity contribution is -0.313. The van der Waals surface area contributed by atoms with Gasteiger partial charge in [0.15, 0.2) is 6.29 Å².